The van der Waals surface area contributed by atoms with Gasteiger partial charge in [0.25, 0.3) is 0 Å². The van der Waals surface area contributed by atoms with Gasteiger partial charge >= 0.3 is 0 Å². The fraction of sp³-hybridized carbons (Fsp3) is 0.429. The molecular weight excluding hydrogens is 301 g/mol. The molecule has 3 rings (SSSR count). The standard InChI is InChI=1S/C21H26FNO/c22-20-17(9-8-12-19(20)24)15-23-16-21(13-6-1-2-7-14-21)18-10-4-3-5-11-18/h3-5,8-12,23-24H,1-2,6-7,13-16H2. The molecule has 1 aliphatic carbocycles. The first kappa shape index (κ1) is 17.0. The van der Waals surface area contributed by atoms with Gasteiger partial charge in [-0.25, -0.2) is 4.39 Å². The highest BCUT2D eigenvalue weighted by atomic mass is 19.1. The Bertz CT molecular complexity index is 648. The maximum Gasteiger partial charge on any atom is 0.169 e. The lowest BCUT2D eigenvalue weighted by Gasteiger charge is -2.34. The average Bonchev–Trinajstić information content (AvgIpc) is 2.86. The van der Waals surface area contributed by atoms with E-state index in [0.717, 1.165) is 6.54 Å². The summed E-state index contributed by atoms with van der Waals surface area (Å²) in [4.78, 5) is 0. The Balaban J connectivity index is 1.74. The quantitative estimate of drug-likeness (QED) is 0.765. The van der Waals surface area contributed by atoms with Crippen LogP contribution >= 0.6 is 0 Å². The summed E-state index contributed by atoms with van der Waals surface area (Å²) in [6.45, 7) is 1.28. The normalized spacial score (nSPS) is 17.4. The second-order valence-corrected chi connectivity index (χ2v) is 6.91. The van der Waals surface area contributed by atoms with Crippen LogP contribution in [0.25, 0.3) is 0 Å². The Hall–Kier alpha value is -1.87. The summed E-state index contributed by atoms with van der Waals surface area (Å²) in [5.41, 5.74) is 2.04. The van der Waals surface area contributed by atoms with Gasteiger partial charge in [-0.05, 0) is 24.5 Å². The van der Waals surface area contributed by atoms with E-state index < -0.39 is 5.82 Å². The van der Waals surface area contributed by atoms with Crippen LogP contribution in [-0.2, 0) is 12.0 Å². The van der Waals surface area contributed by atoms with Gasteiger partial charge in [0.05, 0.1) is 0 Å². The molecule has 2 N–H and O–H groups in total. The van der Waals surface area contributed by atoms with Crippen molar-refractivity contribution in [1.82, 2.24) is 5.32 Å². The van der Waals surface area contributed by atoms with Crippen LogP contribution < -0.4 is 5.32 Å². The van der Waals surface area contributed by atoms with Crippen molar-refractivity contribution in [3.63, 3.8) is 0 Å². The monoisotopic (exact) mass is 327 g/mol. The van der Waals surface area contributed by atoms with Gasteiger partial charge in [0, 0.05) is 24.1 Å². The Morgan fingerprint density at radius 1 is 0.917 bits per heavy atom. The first-order valence-electron chi connectivity index (χ1n) is 8.94. The van der Waals surface area contributed by atoms with Gasteiger partial charge in [-0.2, -0.15) is 0 Å². The molecule has 24 heavy (non-hydrogen) atoms. The summed E-state index contributed by atoms with van der Waals surface area (Å²) in [5, 5.41) is 13.0. The highest BCUT2D eigenvalue weighted by molar-refractivity contribution is 5.30. The molecule has 3 heteroatoms. The molecule has 0 spiro atoms. The lowest BCUT2D eigenvalue weighted by atomic mass is 9.74. The molecule has 2 aromatic rings. The van der Waals surface area contributed by atoms with E-state index in [9.17, 15) is 9.50 Å². The van der Waals surface area contributed by atoms with Crippen LogP contribution in [0, 0.1) is 5.82 Å². The Kier molecular flexibility index (Phi) is 5.52. The van der Waals surface area contributed by atoms with Crippen molar-refractivity contribution >= 4 is 0 Å². The highest BCUT2D eigenvalue weighted by Crippen LogP contribution is 2.38. The molecule has 0 radical (unpaired) electrons. The van der Waals surface area contributed by atoms with E-state index in [0.29, 0.717) is 12.1 Å². The van der Waals surface area contributed by atoms with Crippen molar-refractivity contribution in [3.8, 4) is 5.75 Å². The first-order valence-corrected chi connectivity index (χ1v) is 8.94. The zero-order valence-electron chi connectivity index (χ0n) is 14.1. The van der Waals surface area contributed by atoms with Crippen molar-refractivity contribution < 1.29 is 9.50 Å². The predicted molar refractivity (Wildman–Crippen MR) is 95.6 cm³/mol. The molecule has 1 fully saturated rings. The molecule has 1 saturated carbocycles. The number of phenolic OH excluding ortho intramolecular Hbond substituents is 1. The zero-order valence-corrected chi connectivity index (χ0v) is 14.1. The van der Waals surface area contributed by atoms with Crippen molar-refractivity contribution in [2.75, 3.05) is 6.54 Å². The molecular formula is C21H26FNO. The lowest BCUT2D eigenvalue weighted by Crippen LogP contribution is -2.37. The highest BCUT2D eigenvalue weighted by Gasteiger charge is 2.32. The van der Waals surface area contributed by atoms with Gasteiger partial charge in [-0.15, -0.1) is 0 Å². The first-order chi connectivity index (χ1) is 11.7. The summed E-state index contributed by atoms with van der Waals surface area (Å²) < 4.78 is 14.0. The zero-order chi connectivity index (χ0) is 16.8. The maximum absolute atomic E-state index is 14.0. The minimum Gasteiger partial charge on any atom is -0.505 e. The average molecular weight is 327 g/mol. The molecule has 0 aromatic heterocycles. The number of hydrogen-bond acceptors (Lipinski definition) is 2. The van der Waals surface area contributed by atoms with Gasteiger partial charge in [0.15, 0.2) is 11.6 Å². The molecule has 128 valence electrons. The van der Waals surface area contributed by atoms with Crippen molar-refractivity contribution in [2.24, 2.45) is 0 Å². The number of aromatic hydroxyl groups is 1. The van der Waals surface area contributed by atoms with E-state index in [-0.39, 0.29) is 11.2 Å². The van der Waals surface area contributed by atoms with Crippen molar-refractivity contribution in [2.45, 2.75) is 50.5 Å². The van der Waals surface area contributed by atoms with E-state index in [2.05, 4.69) is 35.6 Å². The van der Waals surface area contributed by atoms with E-state index >= 15 is 0 Å². The third-order valence-corrected chi connectivity index (χ3v) is 5.28. The minimum absolute atomic E-state index is 0.130. The smallest absolute Gasteiger partial charge is 0.169 e. The third-order valence-electron chi connectivity index (χ3n) is 5.28. The fourth-order valence-electron chi connectivity index (χ4n) is 3.90. The summed E-state index contributed by atoms with van der Waals surface area (Å²) >= 11 is 0. The number of hydrogen-bond donors (Lipinski definition) is 2. The van der Waals surface area contributed by atoms with Crippen LogP contribution in [-0.4, -0.2) is 11.7 Å². The summed E-state index contributed by atoms with van der Waals surface area (Å²) in [5.74, 6) is -0.791. The number of phenols is 1. The van der Waals surface area contributed by atoms with Crippen LogP contribution in [0.1, 0.15) is 49.7 Å². The summed E-state index contributed by atoms with van der Waals surface area (Å²) in [7, 11) is 0. The third kappa shape index (κ3) is 3.78. The molecule has 0 amide bonds. The minimum atomic E-state index is -0.514. The molecule has 0 unspecified atom stereocenters. The topological polar surface area (TPSA) is 32.3 Å². The largest absolute Gasteiger partial charge is 0.505 e. The van der Waals surface area contributed by atoms with E-state index in [1.165, 1.54) is 50.2 Å². The number of halogens is 1. The van der Waals surface area contributed by atoms with Gasteiger partial charge in [-0.1, -0.05) is 68.1 Å². The second kappa shape index (κ2) is 7.80. The van der Waals surface area contributed by atoms with Crippen molar-refractivity contribution in [1.29, 1.82) is 0 Å². The van der Waals surface area contributed by atoms with Gasteiger partial charge in [0.1, 0.15) is 0 Å². The number of rotatable bonds is 5. The maximum atomic E-state index is 14.0. The molecule has 0 atom stereocenters. The van der Waals surface area contributed by atoms with Crippen LogP contribution in [0.5, 0.6) is 5.75 Å². The lowest BCUT2D eigenvalue weighted by molar-refractivity contribution is 0.345. The summed E-state index contributed by atoms with van der Waals surface area (Å²) in [6, 6.07) is 15.5. The van der Waals surface area contributed by atoms with Crippen LogP contribution in [0.2, 0.25) is 0 Å². The van der Waals surface area contributed by atoms with Crippen LogP contribution in [0.4, 0.5) is 4.39 Å². The number of benzene rings is 2. The van der Waals surface area contributed by atoms with Gasteiger partial charge in [-0.3, -0.25) is 0 Å². The van der Waals surface area contributed by atoms with Crippen molar-refractivity contribution in [3.05, 3.63) is 65.5 Å². The van der Waals surface area contributed by atoms with E-state index in [4.69, 9.17) is 0 Å². The molecule has 0 heterocycles. The molecule has 2 nitrogen and oxygen atoms in total. The fourth-order valence-corrected chi connectivity index (χ4v) is 3.90. The molecule has 0 aliphatic heterocycles. The van der Waals surface area contributed by atoms with Gasteiger partial charge in [0.2, 0.25) is 0 Å². The Labute approximate surface area is 143 Å². The van der Waals surface area contributed by atoms with E-state index in [1.54, 1.807) is 12.1 Å². The summed E-state index contributed by atoms with van der Waals surface area (Å²) in [6.07, 6.45) is 7.44. The van der Waals surface area contributed by atoms with Gasteiger partial charge < -0.3 is 10.4 Å². The van der Waals surface area contributed by atoms with E-state index in [1.807, 2.05) is 0 Å². The molecule has 0 bridgehead atoms. The molecule has 0 saturated heterocycles. The Morgan fingerprint density at radius 3 is 2.33 bits per heavy atom. The molecule has 1 aliphatic rings. The second-order valence-electron chi connectivity index (χ2n) is 6.91. The number of nitrogens with one attached hydrogen (secondary N) is 1. The Morgan fingerprint density at radius 2 is 1.62 bits per heavy atom. The SMILES string of the molecule is Oc1cccc(CNCC2(c3ccccc3)CCCCCC2)c1F. The predicted octanol–water partition coefficient (Wildman–Crippen LogP) is 4.91. The molecule has 2 aromatic carbocycles. The van der Waals surface area contributed by atoms with Crippen LogP contribution in [0.15, 0.2) is 48.5 Å². The van der Waals surface area contributed by atoms with Crippen LogP contribution in [0.3, 0.4) is 0 Å².